The number of aliphatic hydroxyl groups is 1. The van der Waals surface area contributed by atoms with E-state index < -0.39 is 48.4 Å². The number of hydrogen-bond donors (Lipinski definition) is 3. The third-order valence-electron chi connectivity index (χ3n) is 13.1. The summed E-state index contributed by atoms with van der Waals surface area (Å²) >= 11 is 0. The van der Waals surface area contributed by atoms with Crippen LogP contribution in [-0.4, -0.2) is 159 Å². The zero-order valence-electron chi connectivity index (χ0n) is 42.6. The van der Waals surface area contributed by atoms with Crippen molar-refractivity contribution < 1.29 is 48.0 Å². The third kappa shape index (κ3) is 17.3. The molecule has 2 unspecified atom stereocenters. The van der Waals surface area contributed by atoms with E-state index in [1.54, 1.807) is 44.9 Å². The van der Waals surface area contributed by atoms with Gasteiger partial charge in [-0.05, 0) is 50.1 Å². The van der Waals surface area contributed by atoms with Crippen molar-refractivity contribution in [3.8, 4) is 0 Å². The average Bonchev–Trinajstić information content (AvgIpc) is 3.75. The van der Waals surface area contributed by atoms with Crippen LogP contribution in [0.5, 0.6) is 0 Å². The fourth-order valence-electron chi connectivity index (χ4n) is 8.87. The number of nitrogens with zero attached hydrogens (tertiary/aromatic N) is 3. The normalized spacial score (nSPS) is 18.7. The highest BCUT2D eigenvalue weighted by atomic mass is 16.5. The molecule has 0 aromatic heterocycles. The average molecular weight is 918 g/mol. The zero-order valence-corrected chi connectivity index (χ0v) is 42.6. The number of nitrogens with one attached hydrogen (secondary N) is 2. The van der Waals surface area contributed by atoms with Gasteiger partial charge in [0.25, 0.3) is 0 Å². The summed E-state index contributed by atoms with van der Waals surface area (Å²) in [6, 6.07) is 6.38. The van der Waals surface area contributed by atoms with Gasteiger partial charge in [-0.2, -0.15) is 0 Å². The first kappa shape index (κ1) is 57.7. The molecule has 1 saturated heterocycles. The number of methoxy groups -OCH3 is 2. The lowest BCUT2D eigenvalue weighted by molar-refractivity contribution is -0.148. The third-order valence-corrected chi connectivity index (χ3v) is 13.1. The largest absolute Gasteiger partial charge is 0.386 e. The quantitative estimate of drug-likeness (QED) is 0.0892. The topological polar surface area (TPSA) is 176 Å². The van der Waals surface area contributed by atoms with Crippen LogP contribution in [-0.2, 0) is 42.9 Å². The summed E-state index contributed by atoms with van der Waals surface area (Å²) in [5.41, 5.74) is 0.313. The minimum absolute atomic E-state index is 0.000928. The monoisotopic (exact) mass is 918 g/mol. The molecule has 4 amide bonds. The summed E-state index contributed by atoms with van der Waals surface area (Å²) in [5, 5.41) is 16.9. The molecule has 0 saturated carbocycles. The van der Waals surface area contributed by atoms with Gasteiger partial charge in [0.2, 0.25) is 23.6 Å². The number of benzene rings is 1. The van der Waals surface area contributed by atoms with Crippen molar-refractivity contribution in [3.63, 3.8) is 0 Å². The van der Waals surface area contributed by atoms with Crippen LogP contribution in [0.25, 0.3) is 0 Å². The second-order valence-electron chi connectivity index (χ2n) is 19.8. The first-order valence-electron chi connectivity index (χ1n) is 23.9. The van der Waals surface area contributed by atoms with Crippen LogP contribution in [0.3, 0.4) is 0 Å². The number of Topliss-reactive ketones (excluding diaryl/α,β-unsaturated/α-hetero) is 1. The van der Waals surface area contributed by atoms with E-state index in [0.717, 1.165) is 6.42 Å². The Morgan fingerprint density at radius 1 is 0.846 bits per heavy atom. The predicted molar refractivity (Wildman–Crippen MR) is 254 cm³/mol. The Hall–Kier alpha value is -3.47. The highest BCUT2D eigenvalue weighted by molar-refractivity contribution is 5.90. The fourth-order valence-corrected chi connectivity index (χ4v) is 8.87. The number of likely N-dealkylation sites (tertiary alicyclic amines) is 1. The van der Waals surface area contributed by atoms with E-state index in [4.69, 9.17) is 18.9 Å². The van der Waals surface area contributed by atoms with Gasteiger partial charge in [-0.25, -0.2) is 0 Å². The molecular weight excluding hydrogens is 831 g/mol. The van der Waals surface area contributed by atoms with E-state index in [0.29, 0.717) is 64.3 Å². The first-order chi connectivity index (χ1) is 30.5. The summed E-state index contributed by atoms with van der Waals surface area (Å²) in [4.78, 5) is 74.0. The highest BCUT2D eigenvalue weighted by Crippen LogP contribution is 2.30. The van der Waals surface area contributed by atoms with Gasteiger partial charge in [0, 0.05) is 46.2 Å². The second-order valence-corrected chi connectivity index (χ2v) is 19.8. The molecular formula is C50H87N5O10. The van der Waals surface area contributed by atoms with Gasteiger partial charge in [0.05, 0.1) is 81.2 Å². The smallest absolute Gasteiger partial charge is 0.245 e. The molecule has 3 N–H and O–H groups in total. The molecule has 1 aliphatic rings. The molecule has 1 aromatic carbocycles. The summed E-state index contributed by atoms with van der Waals surface area (Å²) in [6.07, 6.45) is 0.312. The minimum Gasteiger partial charge on any atom is -0.386 e. The SMILES string of the molecule is CCC(C)[C@@H]([C@@H](CC(=O)N1CCCC1[C@H](OC)[C@@H](C)C(=O)N[C@H](C)[C@@H](O)c1ccccc1)OC)N(C)C(=O)[C@@H](NC(=O)[C@H](C(C)C)N(C)CCOCCOCCC(=O)C(C)(C)C)C(C)C. The maximum absolute atomic E-state index is 14.6. The van der Waals surface area contributed by atoms with Crippen LogP contribution < -0.4 is 10.6 Å². The molecule has 0 radical (unpaired) electrons. The molecule has 1 aliphatic heterocycles. The van der Waals surface area contributed by atoms with Crippen LogP contribution in [0.1, 0.15) is 120 Å². The molecule has 1 aromatic rings. The van der Waals surface area contributed by atoms with Crippen molar-refractivity contribution >= 4 is 29.4 Å². The Morgan fingerprint density at radius 2 is 1.46 bits per heavy atom. The molecule has 65 heavy (non-hydrogen) atoms. The van der Waals surface area contributed by atoms with Gasteiger partial charge >= 0.3 is 0 Å². The first-order valence-corrected chi connectivity index (χ1v) is 23.9. The number of carbonyl (C=O) groups excluding carboxylic acids is 5. The Morgan fingerprint density at radius 3 is 2.00 bits per heavy atom. The molecule has 15 heteroatoms. The van der Waals surface area contributed by atoms with Crippen molar-refractivity contribution in [1.82, 2.24) is 25.3 Å². The molecule has 0 spiro atoms. The highest BCUT2D eigenvalue weighted by Gasteiger charge is 2.43. The zero-order chi connectivity index (χ0) is 49.2. The van der Waals surface area contributed by atoms with Gasteiger partial charge in [-0.3, -0.25) is 28.9 Å². The van der Waals surface area contributed by atoms with Crippen LogP contribution in [0.2, 0.25) is 0 Å². The van der Waals surface area contributed by atoms with Crippen molar-refractivity contribution in [2.24, 2.45) is 29.1 Å². The molecule has 1 heterocycles. The Bertz CT molecular complexity index is 1610. The predicted octanol–water partition coefficient (Wildman–Crippen LogP) is 5.28. The number of hydrogen-bond acceptors (Lipinski definition) is 11. The Labute approximate surface area is 391 Å². The van der Waals surface area contributed by atoms with Crippen molar-refractivity contribution in [2.45, 2.75) is 157 Å². The second kappa shape index (κ2) is 28.0. The molecule has 2 rings (SSSR count). The fraction of sp³-hybridized carbons (Fsp3) is 0.780. The molecule has 372 valence electrons. The minimum atomic E-state index is -0.893. The lowest BCUT2D eigenvalue weighted by Crippen LogP contribution is -2.60. The van der Waals surface area contributed by atoms with Gasteiger partial charge < -0.3 is 44.5 Å². The van der Waals surface area contributed by atoms with Crippen LogP contribution in [0.4, 0.5) is 0 Å². The van der Waals surface area contributed by atoms with E-state index in [9.17, 15) is 29.1 Å². The maximum Gasteiger partial charge on any atom is 0.245 e. The number of amides is 4. The van der Waals surface area contributed by atoms with E-state index in [1.807, 2.05) is 105 Å². The number of rotatable bonds is 29. The Kier molecular flexibility index (Phi) is 24.8. The van der Waals surface area contributed by atoms with Gasteiger partial charge in [0.1, 0.15) is 11.8 Å². The maximum atomic E-state index is 14.6. The number of ketones is 1. The summed E-state index contributed by atoms with van der Waals surface area (Å²) < 4.78 is 23.4. The van der Waals surface area contributed by atoms with Crippen LogP contribution in [0, 0.1) is 29.1 Å². The van der Waals surface area contributed by atoms with E-state index in [-0.39, 0.29) is 65.0 Å². The lowest BCUT2D eigenvalue weighted by atomic mass is 9.89. The number of aliphatic hydroxyl groups excluding tert-OH is 1. The van der Waals surface area contributed by atoms with Crippen molar-refractivity contribution in [2.75, 3.05) is 67.8 Å². The molecule has 10 atom stereocenters. The van der Waals surface area contributed by atoms with Gasteiger partial charge in [-0.15, -0.1) is 0 Å². The van der Waals surface area contributed by atoms with Crippen LogP contribution >= 0.6 is 0 Å². The van der Waals surface area contributed by atoms with Gasteiger partial charge in [0.15, 0.2) is 0 Å². The number of ether oxygens (including phenoxy) is 4. The number of likely N-dealkylation sites (N-methyl/N-ethyl adjacent to an activating group) is 2. The number of carbonyl (C=O) groups is 5. The van der Waals surface area contributed by atoms with Crippen LogP contribution in [0.15, 0.2) is 30.3 Å². The van der Waals surface area contributed by atoms with Gasteiger partial charge in [-0.1, -0.05) is 106 Å². The molecule has 0 bridgehead atoms. The van der Waals surface area contributed by atoms with E-state index >= 15 is 0 Å². The molecule has 15 nitrogen and oxygen atoms in total. The summed E-state index contributed by atoms with van der Waals surface area (Å²) in [7, 11) is 6.70. The van der Waals surface area contributed by atoms with Crippen molar-refractivity contribution in [1.29, 1.82) is 0 Å². The lowest BCUT2D eigenvalue weighted by Gasteiger charge is -2.41. The molecule has 0 aliphatic carbocycles. The van der Waals surface area contributed by atoms with E-state index in [2.05, 4.69) is 10.6 Å². The Balaban J connectivity index is 2.14. The summed E-state index contributed by atoms with van der Waals surface area (Å²) in [5.74, 6) is -1.81. The summed E-state index contributed by atoms with van der Waals surface area (Å²) in [6.45, 7) is 23.5. The van der Waals surface area contributed by atoms with E-state index in [1.165, 1.54) is 0 Å². The molecule has 1 fully saturated rings. The standard InChI is InChI=1S/C50H87N5O10/c1-16-34(6)44(39(62-14)31-41(57)55-25-20-23-38(55)46(63-15)35(7)47(59)51-36(8)45(58)37-21-18-17-19-22-37)54(13)49(61)42(32(2)3)52-48(60)43(33(4)5)53(12)26-28-65-30-29-64-27-24-40(56)50(9,10)11/h17-19,21-22,32-36,38-39,42-46,58H,16,20,23-31H2,1-15H3,(H,51,59)(H,52,60)/t34?,35-,36-,38?,39-,42+,43+,44+,45-,46-/m1/s1. The van der Waals surface area contributed by atoms with Crippen molar-refractivity contribution in [3.05, 3.63) is 35.9 Å².